The standard InChI is InChI=1S/C27H24F3N5O2/c1-16(36)18-10-13-35-23(15-18)25(24(33-35)17-6-4-3-5-7-17)31-26(37)19-8-9-21(27(28,29)30)20(14-19)22-11-12-34(2)32-22/h3-13,15-16,20,36H,14H2,1-2H3,(H,31,37)/t16?,20-/m0/s1. The van der Waals surface area contributed by atoms with Crippen LogP contribution in [0.3, 0.4) is 0 Å². The van der Waals surface area contributed by atoms with Gasteiger partial charge in [0.2, 0.25) is 0 Å². The Hall–Kier alpha value is -4.18. The van der Waals surface area contributed by atoms with Crippen molar-refractivity contribution >= 4 is 17.1 Å². The smallest absolute Gasteiger partial charge is 0.389 e. The number of amides is 1. The van der Waals surface area contributed by atoms with Crippen LogP contribution in [0.4, 0.5) is 18.9 Å². The number of halogens is 3. The number of nitrogens with zero attached hydrogens (tertiary/aromatic N) is 4. The summed E-state index contributed by atoms with van der Waals surface area (Å²) in [5.41, 5.74) is 2.52. The maximum Gasteiger partial charge on any atom is 0.413 e. The van der Waals surface area contributed by atoms with Gasteiger partial charge in [0, 0.05) is 42.1 Å². The fourth-order valence-electron chi connectivity index (χ4n) is 4.48. The topological polar surface area (TPSA) is 84.5 Å². The summed E-state index contributed by atoms with van der Waals surface area (Å²) in [5.74, 6) is -1.64. The number of aromatic nitrogens is 4. The molecule has 5 rings (SSSR count). The molecular formula is C27H24F3N5O2. The number of nitrogens with one attached hydrogen (secondary N) is 1. The highest BCUT2D eigenvalue weighted by molar-refractivity contribution is 6.09. The molecule has 0 fully saturated rings. The molecule has 1 aliphatic carbocycles. The summed E-state index contributed by atoms with van der Waals surface area (Å²) >= 11 is 0. The Kier molecular flexibility index (Phi) is 6.20. The molecule has 0 bridgehead atoms. The first-order valence-electron chi connectivity index (χ1n) is 11.7. The van der Waals surface area contributed by atoms with E-state index < -0.39 is 29.7 Å². The van der Waals surface area contributed by atoms with Gasteiger partial charge in [-0.2, -0.15) is 23.4 Å². The van der Waals surface area contributed by atoms with Gasteiger partial charge in [0.05, 0.1) is 23.0 Å². The molecule has 2 atom stereocenters. The predicted octanol–water partition coefficient (Wildman–Crippen LogP) is 5.33. The zero-order valence-electron chi connectivity index (χ0n) is 20.1. The lowest BCUT2D eigenvalue weighted by Crippen LogP contribution is -2.25. The largest absolute Gasteiger partial charge is 0.413 e. The van der Waals surface area contributed by atoms with Crippen molar-refractivity contribution in [3.63, 3.8) is 0 Å². The third-order valence-corrected chi connectivity index (χ3v) is 6.40. The van der Waals surface area contributed by atoms with Crippen molar-refractivity contribution in [2.24, 2.45) is 7.05 Å². The summed E-state index contributed by atoms with van der Waals surface area (Å²) in [7, 11) is 1.63. The lowest BCUT2D eigenvalue weighted by Gasteiger charge is -2.25. The molecule has 2 N–H and O–H groups in total. The Balaban J connectivity index is 1.55. The molecule has 0 spiro atoms. The SMILES string of the molecule is CC(O)c1ccn2nc(-c3ccccc3)c(NC(=O)C3=CC=C(C(F)(F)F)[C@@H](c4ccn(C)n4)C3)c2c1. The number of pyridine rings is 1. The summed E-state index contributed by atoms with van der Waals surface area (Å²) in [5, 5.41) is 21.8. The molecule has 190 valence electrons. The van der Waals surface area contributed by atoms with Gasteiger partial charge in [-0.1, -0.05) is 42.5 Å². The molecule has 1 unspecified atom stereocenters. The van der Waals surface area contributed by atoms with Gasteiger partial charge in [0.1, 0.15) is 5.69 Å². The van der Waals surface area contributed by atoms with Crippen LogP contribution in [0.15, 0.2) is 84.2 Å². The number of aryl methyl sites for hydroxylation is 1. The van der Waals surface area contributed by atoms with Gasteiger partial charge >= 0.3 is 6.18 Å². The second-order valence-corrected chi connectivity index (χ2v) is 8.99. The molecule has 0 aliphatic heterocycles. The molecule has 3 heterocycles. The maximum atomic E-state index is 13.8. The number of alkyl halides is 3. The lowest BCUT2D eigenvalue weighted by molar-refractivity contribution is -0.113. The van der Waals surface area contributed by atoms with Gasteiger partial charge < -0.3 is 10.4 Å². The number of benzene rings is 1. The number of fused-ring (bicyclic) bond motifs is 1. The van der Waals surface area contributed by atoms with Crippen molar-refractivity contribution in [1.29, 1.82) is 0 Å². The van der Waals surface area contributed by atoms with E-state index in [2.05, 4.69) is 15.5 Å². The highest BCUT2D eigenvalue weighted by Crippen LogP contribution is 2.43. The van der Waals surface area contributed by atoms with Crippen molar-refractivity contribution < 1.29 is 23.1 Å². The third kappa shape index (κ3) is 4.79. The Labute approximate surface area is 210 Å². The van der Waals surface area contributed by atoms with Crippen LogP contribution in [0.25, 0.3) is 16.8 Å². The Morgan fingerprint density at radius 2 is 1.86 bits per heavy atom. The zero-order valence-corrected chi connectivity index (χ0v) is 20.1. The van der Waals surface area contributed by atoms with Crippen LogP contribution in [0, 0.1) is 0 Å². The molecule has 0 saturated heterocycles. The fraction of sp³-hybridized carbons (Fsp3) is 0.222. The molecule has 1 aromatic carbocycles. The van der Waals surface area contributed by atoms with Gasteiger partial charge in [-0.3, -0.25) is 9.48 Å². The number of anilines is 1. The molecule has 1 amide bonds. The van der Waals surface area contributed by atoms with E-state index in [1.54, 1.807) is 43.0 Å². The summed E-state index contributed by atoms with van der Waals surface area (Å²) in [4.78, 5) is 13.4. The molecule has 7 nitrogen and oxygen atoms in total. The van der Waals surface area contributed by atoms with Crippen LogP contribution < -0.4 is 5.32 Å². The molecule has 10 heteroatoms. The van der Waals surface area contributed by atoms with Crippen LogP contribution in [-0.4, -0.2) is 36.6 Å². The van der Waals surface area contributed by atoms with E-state index >= 15 is 0 Å². The average molecular weight is 508 g/mol. The van der Waals surface area contributed by atoms with E-state index in [1.165, 1.54) is 16.8 Å². The van der Waals surface area contributed by atoms with Crippen molar-refractivity contribution in [2.75, 3.05) is 5.32 Å². The number of aliphatic hydroxyl groups is 1. The number of carbonyl (C=O) groups excluding carboxylic acids is 1. The first-order chi connectivity index (χ1) is 17.6. The normalized spacial score (nSPS) is 16.9. The fourth-order valence-corrected chi connectivity index (χ4v) is 4.48. The van der Waals surface area contributed by atoms with Gasteiger partial charge in [-0.15, -0.1) is 0 Å². The minimum absolute atomic E-state index is 0.160. The number of carbonyl (C=O) groups is 1. The van der Waals surface area contributed by atoms with Gasteiger partial charge in [-0.05, 0) is 37.1 Å². The first kappa shape index (κ1) is 24.5. The second kappa shape index (κ2) is 9.36. The van der Waals surface area contributed by atoms with Crippen molar-refractivity contribution in [1.82, 2.24) is 19.4 Å². The minimum atomic E-state index is -4.55. The van der Waals surface area contributed by atoms with Gasteiger partial charge in [-0.25, -0.2) is 4.52 Å². The monoisotopic (exact) mass is 507 g/mol. The average Bonchev–Trinajstić information content (AvgIpc) is 3.47. The molecule has 3 aromatic heterocycles. The van der Waals surface area contributed by atoms with Crippen LogP contribution >= 0.6 is 0 Å². The summed E-state index contributed by atoms with van der Waals surface area (Å²) < 4.78 is 44.3. The zero-order chi connectivity index (χ0) is 26.3. The Bertz CT molecular complexity index is 1530. The molecule has 4 aromatic rings. The third-order valence-electron chi connectivity index (χ3n) is 6.40. The molecular weight excluding hydrogens is 483 g/mol. The van der Waals surface area contributed by atoms with E-state index in [1.807, 2.05) is 30.3 Å². The number of aliphatic hydroxyl groups excluding tert-OH is 1. The van der Waals surface area contributed by atoms with Crippen molar-refractivity contribution in [3.8, 4) is 11.3 Å². The Morgan fingerprint density at radius 1 is 1.11 bits per heavy atom. The van der Waals surface area contributed by atoms with Gasteiger partial charge in [0.25, 0.3) is 5.91 Å². The maximum absolute atomic E-state index is 13.8. The number of hydrogen-bond donors (Lipinski definition) is 2. The second-order valence-electron chi connectivity index (χ2n) is 8.99. The summed E-state index contributed by atoms with van der Waals surface area (Å²) in [6, 6.07) is 14.2. The highest BCUT2D eigenvalue weighted by atomic mass is 19.4. The molecule has 1 aliphatic rings. The van der Waals surface area contributed by atoms with Crippen LogP contribution in [0.2, 0.25) is 0 Å². The summed E-state index contributed by atoms with van der Waals surface area (Å²) in [6.07, 6.45) is -0.0195. The van der Waals surface area contributed by atoms with Crippen LogP contribution in [0.5, 0.6) is 0 Å². The Morgan fingerprint density at radius 3 is 2.51 bits per heavy atom. The van der Waals surface area contributed by atoms with Gasteiger partial charge in [0.15, 0.2) is 0 Å². The molecule has 0 saturated carbocycles. The van der Waals surface area contributed by atoms with Crippen molar-refractivity contribution in [3.05, 3.63) is 95.5 Å². The molecule has 0 radical (unpaired) electrons. The van der Waals surface area contributed by atoms with Crippen molar-refractivity contribution in [2.45, 2.75) is 31.5 Å². The first-order valence-corrected chi connectivity index (χ1v) is 11.7. The number of rotatable bonds is 5. The minimum Gasteiger partial charge on any atom is -0.389 e. The van der Waals surface area contributed by atoms with E-state index in [-0.39, 0.29) is 17.7 Å². The quantitative estimate of drug-likeness (QED) is 0.383. The lowest BCUT2D eigenvalue weighted by atomic mass is 9.84. The molecule has 37 heavy (non-hydrogen) atoms. The van der Waals surface area contributed by atoms with E-state index in [0.717, 1.165) is 11.6 Å². The van der Waals surface area contributed by atoms with Crippen LogP contribution in [-0.2, 0) is 11.8 Å². The summed E-state index contributed by atoms with van der Waals surface area (Å²) in [6.45, 7) is 1.63. The number of allylic oxidation sites excluding steroid dienone is 3. The highest BCUT2D eigenvalue weighted by Gasteiger charge is 2.42. The van der Waals surface area contributed by atoms with Crippen LogP contribution in [0.1, 0.15) is 36.6 Å². The van der Waals surface area contributed by atoms with E-state index in [9.17, 15) is 23.1 Å². The van der Waals surface area contributed by atoms with E-state index in [4.69, 9.17) is 0 Å². The van der Waals surface area contributed by atoms with E-state index in [0.29, 0.717) is 22.5 Å². The number of hydrogen-bond acceptors (Lipinski definition) is 4. The predicted molar refractivity (Wildman–Crippen MR) is 133 cm³/mol.